The zero-order valence-corrected chi connectivity index (χ0v) is 17.0. The number of anilines is 1. The Balaban J connectivity index is 2.60. The van der Waals surface area contributed by atoms with Gasteiger partial charge < -0.3 is 20.3 Å². The van der Waals surface area contributed by atoms with E-state index in [2.05, 4.69) is 60.6 Å². The molecule has 0 fully saturated rings. The summed E-state index contributed by atoms with van der Waals surface area (Å²) in [5.74, 6) is 0.309. The zero-order chi connectivity index (χ0) is 19.2. The summed E-state index contributed by atoms with van der Waals surface area (Å²) >= 11 is 0. The lowest BCUT2D eigenvalue weighted by Crippen LogP contribution is -2.47. The quantitative estimate of drug-likeness (QED) is 0.782. The van der Waals surface area contributed by atoms with E-state index < -0.39 is 5.60 Å². The normalized spacial score (nSPS) is 14.1. The molecule has 0 saturated heterocycles. The van der Waals surface area contributed by atoms with Gasteiger partial charge in [0.05, 0.1) is 0 Å². The summed E-state index contributed by atoms with van der Waals surface area (Å²) in [4.78, 5) is 14.1. The third kappa shape index (κ3) is 7.78. The van der Waals surface area contributed by atoms with Gasteiger partial charge in [-0.3, -0.25) is 0 Å². The van der Waals surface area contributed by atoms with Crippen LogP contribution in [0.15, 0.2) is 24.3 Å². The molecule has 25 heavy (non-hydrogen) atoms. The van der Waals surface area contributed by atoms with Crippen LogP contribution in [-0.4, -0.2) is 38.4 Å². The van der Waals surface area contributed by atoms with Crippen LogP contribution in [-0.2, 0) is 4.74 Å². The number of nitrogens with one attached hydrogen (secondary N) is 2. The first-order chi connectivity index (χ1) is 11.5. The highest BCUT2D eigenvalue weighted by atomic mass is 16.6. The van der Waals surface area contributed by atoms with Crippen LogP contribution in [0.4, 0.5) is 10.5 Å². The van der Waals surface area contributed by atoms with Crippen molar-refractivity contribution in [2.45, 2.75) is 59.2 Å². The van der Waals surface area contributed by atoms with Crippen LogP contribution in [0.25, 0.3) is 0 Å². The van der Waals surface area contributed by atoms with Crippen LogP contribution in [0.5, 0.6) is 0 Å². The second-order valence-corrected chi connectivity index (χ2v) is 8.11. The minimum absolute atomic E-state index is 0.0124. The van der Waals surface area contributed by atoms with Gasteiger partial charge in [0.25, 0.3) is 0 Å². The van der Waals surface area contributed by atoms with Gasteiger partial charge in [-0.1, -0.05) is 26.0 Å². The Morgan fingerprint density at radius 2 is 1.68 bits per heavy atom. The van der Waals surface area contributed by atoms with Gasteiger partial charge in [-0.2, -0.15) is 0 Å². The van der Waals surface area contributed by atoms with E-state index in [1.807, 2.05) is 34.9 Å². The molecule has 0 aliphatic carbocycles. The molecule has 2 unspecified atom stereocenters. The van der Waals surface area contributed by atoms with Crippen molar-refractivity contribution in [3.05, 3.63) is 29.8 Å². The highest BCUT2D eigenvalue weighted by Gasteiger charge is 2.21. The lowest BCUT2D eigenvalue weighted by molar-refractivity contribution is 0.0489. The fraction of sp³-hybridized carbons (Fsp3) is 0.650. The molecule has 0 aliphatic heterocycles. The van der Waals surface area contributed by atoms with Crippen LogP contribution in [0.2, 0.25) is 0 Å². The van der Waals surface area contributed by atoms with Crippen molar-refractivity contribution in [3.8, 4) is 0 Å². The maximum atomic E-state index is 12.0. The van der Waals surface area contributed by atoms with Crippen LogP contribution < -0.4 is 15.5 Å². The first-order valence-corrected chi connectivity index (χ1v) is 8.99. The molecule has 0 aliphatic rings. The second-order valence-electron chi connectivity index (χ2n) is 8.11. The standard InChI is InChI=1S/C20H35N3O2/c1-14(2)18(22-19(24)25-20(4,5)6)13-21-15(3)16-9-11-17(12-10-16)23(7)8/h9-12,14-15,18,21H,13H2,1-8H3,(H,22,24). The molecule has 142 valence electrons. The predicted molar refractivity (Wildman–Crippen MR) is 105 cm³/mol. The lowest BCUT2D eigenvalue weighted by atomic mass is 10.0. The fourth-order valence-corrected chi connectivity index (χ4v) is 2.40. The van der Waals surface area contributed by atoms with E-state index in [0.29, 0.717) is 12.5 Å². The third-order valence-electron chi connectivity index (χ3n) is 4.06. The Morgan fingerprint density at radius 3 is 2.12 bits per heavy atom. The Bertz CT molecular complexity index is 533. The average Bonchev–Trinajstić information content (AvgIpc) is 2.49. The molecule has 0 aromatic heterocycles. The van der Waals surface area contributed by atoms with Crippen LogP contribution in [0.3, 0.4) is 0 Å². The number of hydrogen-bond acceptors (Lipinski definition) is 4. The van der Waals surface area contributed by atoms with Gasteiger partial charge >= 0.3 is 6.09 Å². The number of amides is 1. The summed E-state index contributed by atoms with van der Waals surface area (Å²) in [5.41, 5.74) is 1.92. The fourth-order valence-electron chi connectivity index (χ4n) is 2.40. The van der Waals surface area contributed by atoms with Crippen molar-refractivity contribution in [3.63, 3.8) is 0 Å². The molecule has 1 amide bonds. The Labute approximate surface area is 153 Å². The topological polar surface area (TPSA) is 53.6 Å². The molecule has 0 spiro atoms. The molecular formula is C20H35N3O2. The SMILES string of the molecule is CC(NCC(NC(=O)OC(C)(C)C)C(C)C)c1ccc(N(C)C)cc1. The van der Waals surface area contributed by atoms with Gasteiger partial charge in [-0.05, 0) is 51.3 Å². The second kappa shape index (κ2) is 9.09. The Kier molecular flexibility index (Phi) is 7.74. The van der Waals surface area contributed by atoms with E-state index in [0.717, 1.165) is 0 Å². The molecule has 0 radical (unpaired) electrons. The molecule has 0 bridgehead atoms. The van der Waals surface area contributed by atoms with Gasteiger partial charge in [0.2, 0.25) is 0 Å². The monoisotopic (exact) mass is 349 g/mol. The van der Waals surface area contributed by atoms with Gasteiger partial charge in [0.1, 0.15) is 5.60 Å². The highest BCUT2D eigenvalue weighted by molar-refractivity contribution is 5.68. The minimum atomic E-state index is -0.486. The molecule has 1 aromatic carbocycles. The summed E-state index contributed by atoms with van der Waals surface area (Å²) in [6, 6.07) is 8.73. The van der Waals surface area contributed by atoms with Crippen LogP contribution >= 0.6 is 0 Å². The largest absolute Gasteiger partial charge is 0.444 e. The summed E-state index contributed by atoms with van der Waals surface area (Å²) in [7, 11) is 4.07. The van der Waals surface area contributed by atoms with Crippen molar-refractivity contribution in [2.75, 3.05) is 25.5 Å². The van der Waals surface area contributed by atoms with Gasteiger partial charge in [0, 0.05) is 38.4 Å². The summed E-state index contributed by atoms with van der Waals surface area (Å²) in [6.07, 6.45) is -0.365. The number of carbonyl (C=O) groups is 1. The molecule has 5 heteroatoms. The number of rotatable bonds is 7. The number of hydrogen-bond donors (Lipinski definition) is 2. The first kappa shape index (κ1) is 21.3. The molecule has 0 heterocycles. The lowest BCUT2D eigenvalue weighted by Gasteiger charge is -2.27. The summed E-state index contributed by atoms with van der Waals surface area (Å²) in [6.45, 7) is 12.6. The van der Waals surface area contributed by atoms with E-state index in [1.165, 1.54) is 11.3 Å². The Morgan fingerprint density at radius 1 is 1.12 bits per heavy atom. The van der Waals surface area contributed by atoms with Gasteiger partial charge in [-0.15, -0.1) is 0 Å². The van der Waals surface area contributed by atoms with E-state index in [4.69, 9.17) is 4.74 Å². The number of nitrogens with zero attached hydrogens (tertiary/aromatic N) is 1. The van der Waals surface area contributed by atoms with Crippen molar-refractivity contribution in [2.24, 2.45) is 5.92 Å². The molecular weight excluding hydrogens is 314 g/mol. The average molecular weight is 350 g/mol. The smallest absolute Gasteiger partial charge is 0.407 e. The molecule has 1 rings (SSSR count). The van der Waals surface area contributed by atoms with Gasteiger partial charge in [-0.25, -0.2) is 4.79 Å². The van der Waals surface area contributed by atoms with Gasteiger partial charge in [0.15, 0.2) is 0 Å². The predicted octanol–water partition coefficient (Wildman–Crippen LogP) is 3.95. The van der Waals surface area contributed by atoms with E-state index in [9.17, 15) is 4.79 Å². The number of benzene rings is 1. The molecule has 1 aromatic rings. The first-order valence-electron chi connectivity index (χ1n) is 8.99. The molecule has 2 atom stereocenters. The maximum Gasteiger partial charge on any atom is 0.407 e. The van der Waals surface area contributed by atoms with Crippen molar-refractivity contribution in [1.29, 1.82) is 0 Å². The number of alkyl carbamates (subject to hydrolysis) is 1. The number of carbonyl (C=O) groups excluding carboxylic acids is 1. The van der Waals surface area contributed by atoms with Crippen molar-refractivity contribution in [1.82, 2.24) is 10.6 Å². The maximum absolute atomic E-state index is 12.0. The third-order valence-corrected chi connectivity index (χ3v) is 4.06. The highest BCUT2D eigenvalue weighted by Crippen LogP contribution is 2.18. The van der Waals surface area contributed by atoms with Crippen LogP contribution in [0, 0.1) is 5.92 Å². The molecule has 2 N–H and O–H groups in total. The molecule has 5 nitrogen and oxygen atoms in total. The van der Waals surface area contributed by atoms with Crippen LogP contribution in [0.1, 0.15) is 53.1 Å². The summed E-state index contributed by atoms with van der Waals surface area (Å²) < 4.78 is 5.36. The minimum Gasteiger partial charge on any atom is -0.444 e. The zero-order valence-electron chi connectivity index (χ0n) is 17.0. The van der Waals surface area contributed by atoms with Crippen molar-refractivity contribution < 1.29 is 9.53 Å². The summed E-state index contributed by atoms with van der Waals surface area (Å²) in [5, 5.41) is 6.49. The van der Waals surface area contributed by atoms with E-state index in [-0.39, 0.29) is 18.2 Å². The molecule has 0 saturated carbocycles. The van der Waals surface area contributed by atoms with E-state index >= 15 is 0 Å². The van der Waals surface area contributed by atoms with Crippen molar-refractivity contribution >= 4 is 11.8 Å². The van der Waals surface area contributed by atoms with E-state index in [1.54, 1.807) is 0 Å². The Hall–Kier alpha value is -1.75. The number of ether oxygens (including phenoxy) is 1.